The van der Waals surface area contributed by atoms with E-state index in [1.165, 1.54) is 4.90 Å². The minimum absolute atomic E-state index is 0.0151. The van der Waals surface area contributed by atoms with E-state index in [1.807, 2.05) is 0 Å². The third-order valence-corrected chi connectivity index (χ3v) is 3.04. The Hall–Kier alpha value is -1.79. The molecule has 0 aliphatic carbocycles. The Kier molecular flexibility index (Phi) is 3.38. The average Bonchev–Trinajstić information content (AvgIpc) is 2.22. The molecule has 0 saturated carbocycles. The molecule has 3 nitrogen and oxygen atoms in total. The van der Waals surface area contributed by atoms with Crippen LogP contribution in [-0.2, 0) is 11.0 Å². The van der Waals surface area contributed by atoms with Crippen molar-refractivity contribution in [3.05, 3.63) is 29.6 Å². The summed E-state index contributed by atoms with van der Waals surface area (Å²) >= 11 is 0. The molecule has 1 aromatic rings. The molecule has 0 aromatic heterocycles. The Labute approximate surface area is 106 Å². The number of hydrogen-bond acceptors (Lipinski definition) is 2. The minimum atomic E-state index is -4.57. The molecule has 1 N–H and O–H groups in total. The SMILES string of the molecule is O=C(O)CC1CN(c2ccc(C(F)(F)F)cc2F)C1. The van der Waals surface area contributed by atoms with Crippen LogP contribution in [0, 0.1) is 11.7 Å². The summed E-state index contributed by atoms with van der Waals surface area (Å²) in [5.41, 5.74) is -0.953. The molecule has 7 heteroatoms. The zero-order valence-corrected chi connectivity index (χ0v) is 9.75. The molecule has 19 heavy (non-hydrogen) atoms. The molecule has 1 fully saturated rings. The number of carboxylic acid groups (broad SMARTS) is 1. The number of alkyl halides is 3. The third-order valence-electron chi connectivity index (χ3n) is 3.04. The fraction of sp³-hybridized carbons (Fsp3) is 0.417. The molecule has 1 heterocycles. The van der Waals surface area contributed by atoms with E-state index in [0.717, 1.165) is 12.1 Å². The smallest absolute Gasteiger partial charge is 0.416 e. The van der Waals surface area contributed by atoms with E-state index in [-0.39, 0.29) is 18.0 Å². The second-order valence-electron chi connectivity index (χ2n) is 4.53. The predicted molar refractivity (Wildman–Crippen MR) is 59.4 cm³/mol. The van der Waals surface area contributed by atoms with Gasteiger partial charge in [0.25, 0.3) is 0 Å². The zero-order chi connectivity index (χ0) is 14.2. The molecule has 1 aliphatic rings. The Morgan fingerprint density at radius 3 is 2.47 bits per heavy atom. The molecule has 104 valence electrons. The Morgan fingerprint density at radius 2 is 2.00 bits per heavy atom. The molecule has 1 aliphatic heterocycles. The second kappa shape index (κ2) is 4.71. The molecule has 2 rings (SSSR count). The number of rotatable bonds is 3. The summed E-state index contributed by atoms with van der Waals surface area (Å²) in [5.74, 6) is -1.96. The molecule has 0 bridgehead atoms. The first-order valence-electron chi connectivity index (χ1n) is 5.61. The van der Waals surface area contributed by atoms with Gasteiger partial charge in [0, 0.05) is 19.0 Å². The Balaban J connectivity index is 2.06. The van der Waals surface area contributed by atoms with E-state index in [1.54, 1.807) is 0 Å². The highest BCUT2D eigenvalue weighted by atomic mass is 19.4. The number of hydrogen-bond donors (Lipinski definition) is 1. The van der Waals surface area contributed by atoms with Crippen LogP contribution < -0.4 is 4.90 Å². The van der Waals surface area contributed by atoms with E-state index in [4.69, 9.17) is 5.11 Å². The number of aliphatic carboxylic acids is 1. The lowest BCUT2D eigenvalue weighted by Crippen LogP contribution is -2.48. The van der Waals surface area contributed by atoms with E-state index < -0.39 is 23.5 Å². The fourth-order valence-electron chi connectivity index (χ4n) is 2.08. The van der Waals surface area contributed by atoms with Crippen molar-refractivity contribution >= 4 is 11.7 Å². The van der Waals surface area contributed by atoms with Gasteiger partial charge in [0.1, 0.15) is 5.82 Å². The quantitative estimate of drug-likeness (QED) is 0.864. The van der Waals surface area contributed by atoms with Crippen molar-refractivity contribution in [2.75, 3.05) is 18.0 Å². The van der Waals surface area contributed by atoms with Gasteiger partial charge in [-0.05, 0) is 18.2 Å². The number of carbonyl (C=O) groups is 1. The van der Waals surface area contributed by atoms with Crippen LogP contribution in [0.15, 0.2) is 18.2 Å². The normalized spacial score (nSPS) is 16.3. The van der Waals surface area contributed by atoms with Crippen LogP contribution in [0.25, 0.3) is 0 Å². The highest BCUT2D eigenvalue weighted by Gasteiger charge is 2.34. The first-order chi connectivity index (χ1) is 8.77. The summed E-state index contributed by atoms with van der Waals surface area (Å²) < 4.78 is 50.7. The monoisotopic (exact) mass is 277 g/mol. The van der Waals surface area contributed by atoms with Gasteiger partial charge in [-0.15, -0.1) is 0 Å². The Bertz CT molecular complexity index is 495. The van der Waals surface area contributed by atoms with Crippen LogP contribution >= 0.6 is 0 Å². The second-order valence-corrected chi connectivity index (χ2v) is 4.53. The molecular weight excluding hydrogens is 266 g/mol. The third kappa shape index (κ3) is 2.97. The topological polar surface area (TPSA) is 40.5 Å². The van der Waals surface area contributed by atoms with Crippen molar-refractivity contribution in [3.8, 4) is 0 Å². The predicted octanol–water partition coefficient (Wildman–Crippen LogP) is 2.76. The molecule has 0 atom stereocenters. The van der Waals surface area contributed by atoms with Gasteiger partial charge in [0.05, 0.1) is 17.7 Å². The molecule has 0 amide bonds. The lowest BCUT2D eigenvalue weighted by atomic mass is 9.95. The van der Waals surface area contributed by atoms with Crippen LogP contribution in [0.4, 0.5) is 23.2 Å². The standard InChI is InChI=1S/C12H11F4NO2/c13-9-4-8(12(14,15)16)1-2-10(9)17-5-7(6-17)3-11(18)19/h1-2,4,7H,3,5-6H2,(H,18,19). The van der Waals surface area contributed by atoms with Crippen molar-refractivity contribution in [1.29, 1.82) is 0 Å². The number of carboxylic acids is 1. The molecule has 0 radical (unpaired) electrons. The maximum atomic E-state index is 13.6. The van der Waals surface area contributed by atoms with Gasteiger partial charge in [-0.2, -0.15) is 13.2 Å². The molecule has 1 aromatic carbocycles. The van der Waals surface area contributed by atoms with Gasteiger partial charge in [0.15, 0.2) is 0 Å². The van der Waals surface area contributed by atoms with Gasteiger partial charge in [-0.25, -0.2) is 4.39 Å². The van der Waals surface area contributed by atoms with E-state index in [2.05, 4.69) is 0 Å². The largest absolute Gasteiger partial charge is 0.481 e. The van der Waals surface area contributed by atoms with Gasteiger partial charge in [0.2, 0.25) is 0 Å². The number of benzene rings is 1. The van der Waals surface area contributed by atoms with Crippen LogP contribution in [0.2, 0.25) is 0 Å². The van der Waals surface area contributed by atoms with E-state index in [0.29, 0.717) is 19.2 Å². The lowest BCUT2D eigenvalue weighted by molar-refractivity contribution is -0.139. The summed E-state index contributed by atoms with van der Waals surface area (Å²) in [6, 6.07) is 2.36. The number of nitrogens with zero attached hydrogens (tertiary/aromatic N) is 1. The van der Waals surface area contributed by atoms with Crippen LogP contribution in [0.3, 0.4) is 0 Å². The summed E-state index contributed by atoms with van der Waals surface area (Å²) in [5, 5.41) is 8.57. The van der Waals surface area contributed by atoms with Gasteiger partial charge in [-0.3, -0.25) is 4.79 Å². The highest BCUT2D eigenvalue weighted by Crippen LogP contribution is 2.34. The maximum Gasteiger partial charge on any atom is 0.416 e. The zero-order valence-electron chi connectivity index (χ0n) is 9.75. The molecule has 0 spiro atoms. The van der Waals surface area contributed by atoms with Gasteiger partial charge < -0.3 is 10.0 Å². The summed E-state index contributed by atoms with van der Waals surface area (Å²) in [4.78, 5) is 12.0. The van der Waals surface area contributed by atoms with Crippen LogP contribution in [0.5, 0.6) is 0 Å². The molecule has 0 unspecified atom stereocenters. The first-order valence-corrected chi connectivity index (χ1v) is 5.61. The Morgan fingerprint density at radius 1 is 1.37 bits per heavy atom. The van der Waals surface area contributed by atoms with Crippen LogP contribution in [0.1, 0.15) is 12.0 Å². The summed E-state index contributed by atoms with van der Waals surface area (Å²) in [6.45, 7) is 0.684. The van der Waals surface area contributed by atoms with E-state index >= 15 is 0 Å². The number of anilines is 1. The molecule has 1 saturated heterocycles. The summed E-state index contributed by atoms with van der Waals surface area (Å²) in [6.07, 6.45) is -4.58. The van der Waals surface area contributed by atoms with Gasteiger partial charge in [-0.1, -0.05) is 0 Å². The lowest BCUT2D eigenvalue weighted by Gasteiger charge is -2.40. The van der Waals surface area contributed by atoms with Crippen molar-refractivity contribution in [2.45, 2.75) is 12.6 Å². The summed E-state index contributed by atoms with van der Waals surface area (Å²) in [7, 11) is 0. The van der Waals surface area contributed by atoms with E-state index in [9.17, 15) is 22.4 Å². The minimum Gasteiger partial charge on any atom is -0.481 e. The maximum absolute atomic E-state index is 13.6. The number of halogens is 4. The van der Waals surface area contributed by atoms with Gasteiger partial charge >= 0.3 is 12.1 Å². The molecular formula is C12H11F4NO2. The highest BCUT2D eigenvalue weighted by molar-refractivity contribution is 5.68. The van der Waals surface area contributed by atoms with Crippen molar-refractivity contribution in [3.63, 3.8) is 0 Å². The van der Waals surface area contributed by atoms with Crippen molar-refractivity contribution in [2.24, 2.45) is 5.92 Å². The fourth-order valence-corrected chi connectivity index (χ4v) is 2.08. The first kappa shape index (κ1) is 13.6. The van der Waals surface area contributed by atoms with Crippen molar-refractivity contribution in [1.82, 2.24) is 0 Å². The van der Waals surface area contributed by atoms with Crippen molar-refractivity contribution < 1.29 is 27.5 Å². The van der Waals surface area contributed by atoms with Crippen LogP contribution in [-0.4, -0.2) is 24.2 Å². The average molecular weight is 277 g/mol.